The predicted molar refractivity (Wildman–Crippen MR) is 104 cm³/mol. The molecule has 5 N–H and O–H groups in total. The number of carboxylic acid groups (broad SMARTS) is 1. The monoisotopic (exact) mass is 400 g/mol. The highest BCUT2D eigenvalue weighted by Crippen LogP contribution is 2.24. The first kappa shape index (κ1) is 22.1. The second-order valence-electron chi connectivity index (χ2n) is 6.46. The Balaban J connectivity index is 2.15. The Morgan fingerprint density at radius 2 is 1.38 bits per heavy atom. The van der Waals surface area contributed by atoms with Crippen molar-refractivity contribution in [3.63, 3.8) is 0 Å². The first-order chi connectivity index (χ1) is 13.9. The minimum atomic E-state index is -2.62. The van der Waals surface area contributed by atoms with Crippen molar-refractivity contribution < 1.29 is 29.0 Å². The summed E-state index contributed by atoms with van der Waals surface area (Å²) in [4.78, 5) is 37.1. The summed E-state index contributed by atoms with van der Waals surface area (Å²) in [6.07, 6.45) is -0.156. The van der Waals surface area contributed by atoms with E-state index in [9.17, 15) is 19.5 Å². The molecule has 0 aliphatic heterocycles. The molecule has 2 rings (SSSR count). The number of aliphatic carboxylic acids is 1. The molecule has 0 bridgehead atoms. The van der Waals surface area contributed by atoms with Crippen LogP contribution in [0.15, 0.2) is 60.7 Å². The fourth-order valence-corrected chi connectivity index (χ4v) is 2.75. The predicted octanol–water partition coefficient (Wildman–Crippen LogP) is 1.22. The second kappa shape index (κ2) is 10.4. The van der Waals surface area contributed by atoms with Crippen molar-refractivity contribution in [2.45, 2.75) is 25.2 Å². The Hall–Kier alpha value is -3.23. The van der Waals surface area contributed by atoms with Gasteiger partial charge in [0.1, 0.15) is 13.2 Å². The number of ether oxygens (including phenoxy) is 2. The van der Waals surface area contributed by atoms with E-state index in [-0.39, 0.29) is 26.2 Å². The molecule has 2 aromatic rings. The summed E-state index contributed by atoms with van der Waals surface area (Å²) in [6, 6.07) is 17.5. The van der Waals surface area contributed by atoms with Gasteiger partial charge in [-0.3, -0.25) is 4.79 Å². The maximum Gasteiger partial charge on any atom is 0.339 e. The zero-order valence-corrected chi connectivity index (χ0v) is 15.8. The van der Waals surface area contributed by atoms with E-state index in [2.05, 4.69) is 0 Å². The molecule has 0 saturated carbocycles. The molecule has 0 fully saturated rings. The van der Waals surface area contributed by atoms with Crippen LogP contribution in [-0.4, -0.2) is 35.1 Å². The van der Waals surface area contributed by atoms with Gasteiger partial charge in [-0.15, -0.1) is 0 Å². The molecule has 0 amide bonds. The minimum absolute atomic E-state index is 0.0662. The number of nitrogens with two attached hydrogens (primary N) is 2. The van der Waals surface area contributed by atoms with Gasteiger partial charge in [0.25, 0.3) is 0 Å². The molecule has 2 unspecified atom stereocenters. The highest BCUT2D eigenvalue weighted by Gasteiger charge is 2.54. The molecule has 8 nitrogen and oxygen atoms in total. The Bertz CT molecular complexity index is 828. The van der Waals surface area contributed by atoms with E-state index >= 15 is 0 Å². The first-order valence-electron chi connectivity index (χ1n) is 9.03. The van der Waals surface area contributed by atoms with Gasteiger partial charge in [0.15, 0.2) is 0 Å². The van der Waals surface area contributed by atoms with Gasteiger partial charge in [-0.1, -0.05) is 60.7 Å². The third-order valence-electron chi connectivity index (χ3n) is 4.42. The number of carbonyl (C=O) groups excluding carboxylic acids is 2. The van der Waals surface area contributed by atoms with Crippen molar-refractivity contribution in [1.82, 2.24) is 0 Å². The standard InChI is InChI=1S/C21H24N2O6/c22-12-11-17(18(24)28-13-15-7-3-1-4-8-15)21(23,19(25)26)20(27)29-14-16-9-5-2-6-10-16/h1-10,17H,11-14,22-23H2,(H,25,26). The molecule has 8 heteroatoms. The third-order valence-corrected chi connectivity index (χ3v) is 4.42. The molecule has 0 saturated heterocycles. The van der Waals surface area contributed by atoms with Crippen LogP contribution >= 0.6 is 0 Å². The number of rotatable bonds is 10. The molecular formula is C21H24N2O6. The average molecular weight is 400 g/mol. The van der Waals surface area contributed by atoms with Crippen molar-refractivity contribution in [2.75, 3.05) is 6.54 Å². The SMILES string of the molecule is NCCC(C(=O)OCc1ccccc1)C(N)(C(=O)O)C(=O)OCc1ccccc1. The quantitative estimate of drug-likeness (QED) is 0.399. The van der Waals surface area contributed by atoms with E-state index in [1.165, 1.54) is 0 Å². The van der Waals surface area contributed by atoms with E-state index < -0.39 is 29.4 Å². The summed E-state index contributed by atoms with van der Waals surface area (Å²) >= 11 is 0. The van der Waals surface area contributed by atoms with E-state index in [0.717, 1.165) is 0 Å². The lowest BCUT2D eigenvalue weighted by atomic mass is 9.82. The molecule has 154 valence electrons. The first-order valence-corrected chi connectivity index (χ1v) is 9.03. The lowest BCUT2D eigenvalue weighted by Crippen LogP contribution is -2.63. The van der Waals surface area contributed by atoms with E-state index in [0.29, 0.717) is 11.1 Å². The maximum atomic E-state index is 12.6. The molecule has 0 aliphatic carbocycles. The Morgan fingerprint density at radius 3 is 1.83 bits per heavy atom. The smallest absolute Gasteiger partial charge is 0.339 e. The normalized spacial score (nSPS) is 13.7. The van der Waals surface area contributed by atoms with Crippen LogP contribution in [0.1, 0.15) is 17.5 Å². The van der Waals surface area contributed by atoms with Crippen LogP contribution in [0.5, 0.6) is 0 Å². The van der Waals surface area contributed by atoms with Gasteiger partial charge in [0.05, 0.1) is 5.92 Å². The number of hydrogen-bond donors (Lipinski definition) is 3. The Kier molecular flexibility index (Phi) is 7.88. The second-order valence-corrected chi connectivity index (χ2v) is 6.46. The van der Waals surface area contributed by atoms with Crippen LogP contribution in [-0.2, 0) is 37.1 Å². The largest absolute Gasteiger partial charge is 0.479 e. The van der Waals surface area contributed by atoms with Gasteiger partial charge in [-0.25, -0.2) is 9.59 Å². The van der Waals surface area contributed by atoms with Crippen LogP contribution in [0.25, 0.3) is 0 Å². The fraction of sp³-hybridized carbons (Fsp3) is 0.286. The highest BCUT2D eigenvalue weighted by molar-refractivity contribution is 6.07. The molecule has 0 radical (unpaired) electrons. The third kappa shape index (κ3) is 5.63. The van der Waals surface area contributed by atoms with E-state index in [1.54, 1.807) is 60.7 Å². The minimum Gasteiger partial charge on any atom is -0.479 e. The highest BCUT2D eigenvalue weighted by atomic mass is 16.5. The summed E-state index contributed by atoms with van der Waals surface area (Å²) < 4.78 is 10.3. The van der Waals surface area contributed by atoms with Crippen LogP contribution < -0.4 is 11.5 Å². The van der Waals surface area contributed by atoms with Gasteiger partial charge in [0, 0.05) is 0 Å². The number of benzene rings is 2. The van der Waals surface area contributed by atoms with Crippen LogP contribution in [0.2, 0.25) is 0 Å². The number of carbonyl (C=O) groups is 3. The molecular weight excluding hydrogens is 376 g/mol. The molecule has 0 heterocycles. The summed E-state index contributed by atoms with van der Waals surface area (Å²) in [5.41, 5.74) is 10.2. The van der Waals surface area contributed by atoms with Crippen LogP contribution in [0.3, 0.4) is 0 Å². The summed E-state index contributed by atoms with van der Waals surface area (Å²) in [7, 11) is 0. The Morgan fingerprint density at radius 1 is 0.897 bits per heavy atom. The summed E-state index contributed by atoms with van der Waals surface area (Å²) in [6.45, 7) is -0.334. The van der Waals surface area contributed by atoms with E-state index in [1.807, 2.05) is 0 Å². The zero-order chi connectivity index (χ0) is 21.3. The van der Waals surface area contributed by atoms with Gasteiger partial charge in [0.2, 0.25) is 5.54 Å². The van der Waals surface area contributed by atoms with Crippen molar-refractivity contribution in [1.29, 1.82) is 0 Å². The fourth-order valence-electron chi connectivity index (χ4n) is 2.75. The zero-order valence-electron chi connectivity index (χ0n) is 15.8. The number of hydrogen-bond acceptors (Lipinski definition) is 7. The average Bonchev–Trinajstić information content (AvgIpc) is 2.74. The summed E-state index contributed by atoms with van der Waals surface area (Å²) in [5.74, 6) is -5.35. The molecule has 29 heavy (non-hydrogen) atoms. The molecule has 0 aromatic heterocycles. The Labute approximate surface area is 168 Å². The van der Waals surface area contributed by atoms with Crippen molar-refractivity contribution in [3.8, 4) is 0 Å². The molecule has 2 atom stereocenters. The molecule has 2 aromatic carbocycles. The van der Waals surface area contributed by atoms with Crippen molar-refractivity contribution in [3.05, 3.63) is 71.8 Å². The maximum absolute atomic E-state index is 12.6. The lowest BCUT2D eigenvalue weighted by Gasteiger charge is -2.29. The topological polar surface area (TPSA) is 142 Å². The summed E-state index contributed by atoms with van der Waals surface area (Å²) in [5, 5.41) is 9.66. The van der Waals surface area contributed by atoms with E-state index in [4.69, 9.17) is 20.9 Å². The van der Waals surface area contributed by atoms with Gasteiger partial charge in [-0.2, -0.15) is 0 Å². The lowest BCUT2D eigenvalue weighted by molar-refractivity contribution is -0.173. The molecule has 0 aliphatic rings. The molecule has 0 spiro atoms. The van der Waals surface area contributed by atoms with Crippen LogP contribution in [0, 0.1) is 5.92 Å². The van der Waals surface area contributed by atoms with Crippen molar-refractivity contribution in [2.24, 2.45) is 17.4 Å². The van der Waals surface area contributed by atoms with Gasteiger partial charge < -0.3 is 26.0 Å². The number of carboxylic acids is 1. The van der Waals surface area contributed by atoms with Gasteiger partial charge in [-0.05, 0) is 24.1 Å². The van der Waals surface area contributed by atoms with Gasteiger partial charge >= 0.3 is 17.9 Å². The number of esters is 2. The van der Waals surface area contributed by atoms with Crippen LogP contribution in [0.4, 0.5) is 0 Å². The van der Waals surface area contributed by atoms with Crippen molar-refractivity contribution >= 4 is 17.9 Å².